The molecule has 150 valence electrons. The van der Waals surface area contributed by atoms with E-state index in [0.29, 0.717) is 5.92 Å². The minimum absolute atomic E-state index is 0. The summed E-state index contributed by atoms with van der Waals surface area (Å²) in [4.78, 5) is 4.63. The number of aromatic nitrogens is 2. The minimum atomic E-state index is 0. The first-order chi connectivity index (χ1) is 12.3. The van der Waals surface area contributed by atoms with Crippen molar-refractivity contribution in [1.82, 2.24) is 20.8 Å². The highest BCUT2D eigenvalue weighted by molar-refractivity contribution is 14.0. The van der Waals surface area contributed by atoms with Gasteiger partial charge in [-0.1, -0.05) is 0 Å². The molecule has 26 heavy (non-hydrogen) atoms. The van der Waals surface area contributed by atoms with Gasteiger partial charge in [0.15, 0.2) is 5.96 Å². The van der Waals surface area contributed by atoms with Crippen molar-refractivity contribution in [1.29, 1.82) is 0 Å². The Kier molecular flexibility index (Phi) is 12.7. The van der Waals surface area contributed by atoms with Gasteiger partial charge in [0, 0.05) is 44.5 Å². The van der Waals surface area contributed by atoms with Crippen LogP contribution < -0.4 is 10.6 Å². The number of H-pyrrole nitrogens is 1. The van der Waals surface area contributed by atoms with Gasteiger partial charge in [-0.2, -0.15) is 5.10 Å². The molecule has 0 amide bonds. The summed E-state index contributed by atoms with van der Waals surface area (Å²) in [5.41, 5.74) is 2.43. The predicted octanol–water partition coefficient (Wildman–Crippen LogP) is 2.27. The molecule has 0 aliphatic carbocycles. The predicted molar refractivity (Wildman–Crippen MR) is 115 cm³/mol. The maximum atomic E-state index is 5.72. The second-order valence-corrected chi connectivity index (χ2v) is 6.47. The molecule has 0 spiro atoms. The molecule has 8 heteroatoms. The normalized spacial score (nSPS) is 17.2. The molecule has 2 rings (SSSR count). The van der Waals surface area contributed by atoms with E-state index in [1.807, 2.05) is 6.20 Å². The number of aryl methyl sites for hydroxylation is 2. The lowest BCUT2D eigenvalue weighted by atomic mass is 10.1. The standard InChI is InChI=1S/C18H33N5O2.HI/c1-3-19-18(20-8-4-6-17-12-22-23-15(17)2)21-9-5-10-24-13-16-7-11-25-14-16;/h12,16H,3-11,13-14H2,1-2H3,(H,22,23)(H2,19,20,21);1H. The van der Waals surface area contributed by atoms with E-state index in [2.05, 4.69) is 39.7 Å². The maximum Gasteiger partial charge on any atom is 0.191 e. The zero-order valence-electron chi connectivity index (χ0n) is 16.1. The smallest absolute Gasteiger partial charge is 0.191 e. The van der Waals surface area contributed by atoms with E-state index >= 15 is 0 Å². The van der Waals surface area contributed by atoms with Gasteiger partial charge in [-0.3, -0.25) is 10.1 Å². The first-order valence-electron chi connectivity index (χ1n) is 9.46. The van der Waals surface area contributed by atoms with Crippen LogP contribution >= 0.6 is 24.0 Å². The van der Waals surface area contributed by atoms with E-state index in [1.54, 1.807) is 0 Å². The number of rotatable bonds is 11. The highest BCUT2D eigenvalue weighted by Gasteiger charge is 2.15. The zero-order chi connectivity index (χ0) is 17.7. The van der Waals surface area contributed by atoms with E-state index in [1.165, 1.54) is 5.56 Å². The molecule has 0 bridgehead atoms. The average molecular weight is 479 g/mol. The second-order valence-electron chi connectivity index (χ2n) is 6.47. The fraction of sp³-hybridized carbons (Fsp3) is 0.778. The van der Waals surface area contributed by atoms with Crippen molar-refractivity contribution in [2.75, 3.05) is 46.1 Å². The van der Waals surface area contributed by atoms with Crippen molar-refractivity contribution in [2.45, 2.75) is 39.5 Å². The molecule has 1 saturated heterocycles. The van der Waals surface area contributed by atoms with Gasteiger partial charge in [-0.05, 0) is 45.1 Å². The molecule has 1 aromatic heterocycles. The van der Waals surface area contributed by atoms with Crippen LogP contribution in [0.5, 0.6) is 0 Å². The first-order valence-corrected chi connectivity index (χ1v) is 9.46. The Hall–Kier alpha value is -0.870. The third-order valence-corrected chi connectivity index (χ3v) is 4.29. The lowest BCUT2D eigenvalue weighted by Crippen LogP contribution is -2.38. The number of aromatic amines is 1. The van der Waals surface area contributed by atoms with Crippen molar-refractivity contribution in [3.63, 3.8) is 0 Å². The fourth-order valence-electron chi connectivity index (χ4n) is 2.78. The lowest BCUT2D eigenvalue weighted by Gasteiger charge is -2.12. The van der Waals surface area contributed by atoms with E-state index in [4.69, 9.17) is 9.47 Å². The first kappa shape index (κ1) is 23.2. The molecular weight excluding hydrogens is 445 g/mol. The van der Waals surface area contributed by atoms with Crippen LogP contribution in [0.1, 0.15) is 37.4 Å². The van der Waals surface area contributed by atoms with Crippen molar-refractivity contribution >= 4 is 29.9 Å². The number of halogens is 1. The fourth-order valence-corrected chi connectivity index (χ4v) is 2.78. The molecule has 0 radical (unpaired) electrons. The average Bonchev–Trinajstić information content (AvgIpc) is 3.26. The molecular formula is C18H34IN5O2. The van der Waals surface area contributed by atoms with Crippen molar-refractivity contribution in [3.05, 3.63) is 17.5 Å². The molecule has 2 heterocycles. The maximum absolute atomic E-state index is 5.72. The molecule has 1 unspecified atom stereocenters. The Morgan fingerprint density at radius 3 is 3.00 bits per heavy atom. The Morgan fingerprint density at radius 2 is 2.31 bits per heavy atom. The largest absolute Gasteiger partial charge is 0.381 e. The highest BCUT2D eigenvalue weighted by atomic mass is 127. The number of hydrogen-bond donors (Lipinski definition) is 3. The third kappa shape index (κ3) is 9.18. The monoisotopic (exact) mass is 479 g/mol. The van der Waals surface area contributed by atoms with Crippen LogP contribution in [0.2, 0.25) is 0 Å². The van der Waals surface area contributed by atoms with Gasteiger partial charge < -0.3 is 20.1 Å². The van der Waals surface area contributed by atoms with Crippen LogP contribution in [0.4, 0.5) is 0 Å². The number of ether oxygens (including phenoxy) is 2. The number of hydrogen-bond acceptors (Lipinski definition) is 4. The Morgan fingerprint density at radius 1 is 1.42 bits per heavy atom. The SMILES string of the molecule is CCNC(=NCCCc1cn[nH]c1C)NCCCOCC1CCOC1.I. The van der Waals surface area contributed by atoms with Crippen molar-refractivity contribution in [3.8, 4) is 0 Å². The second kappa shape index (κ2) is 14.2. The number of nitrogens with one attached hydrogen (secondary N) is 3. The van der Waals surface area contributed by atoms with Gasteiger partial charge >= 0.3 is 0 Å². The van der Waals surface area contributed by atoms with Crippen molar-refractivity contribution in [2.24, 2.45) is 10.9 Å². The number of guanidine groups is 1. The van der Waals surface area contributed by atoms with Gasteiger partial charge in [0.1, 0.15) is 0 Å². The molecule has 1 aromatic rings. The molecule has 1 aliphatic rings. The van der Waals surface area contributed by atoms with Gasteiger partial charge in [0.2, 0.25) is 0 Å². The molecule has 1 fully saturated rings. The van der Waals surface area contributed by atoms with E-state index in [0.717, 1.165) is 83.4 Å². The van der Waals surface area contributed by atoms with E-state index < -0.39 is 0 Å². The molecule has 0 aromatic carbocycles. The molecule has 7 nitrogen and oxygen atoms in total. The van der Waals surface area contributed by atoms with Gasteiger partial charge in [0.25, 0.3) is 0 Å². The molecule has 3 N–H and O–H groups in total. The molecule has 1 aliphatic heterocycles. The van der Waals surface area contributed by atoms with Gasteiger partial charge in [0.05, 0.1) is 19.4 Å². The summed E-state index contributed by atoms with van der Waals surface area (Å²) in [6, 6.07) is 0. The number of nitrogens with zero attached hydrogens (tertiary/aromatic N) is 2. The minimum Gasteiger partial charge on any atom is -0.381 e. The lowest BCUT2D eigenvalue weighted by molar-refractivity contribution is 0.0888. The molecule has 1 atom stereocenters. The summed E-state index contributed by atoms with van der Waals surface area (Å²) >= 11 is 0. The van der Waals surface area contributed by atoms with Crippen LogP contribution in [0.25, 0.3) is 0 Å². The van der Waals surface area contributed by atoms with E-state index in [9.17, 15) is 0 Å². The quantitative estimate of drug-likeness (QED) is 0.196. The summed E-state index contributed by atoms with van der Waals surface area (Å²) in [6.45, 7) is 10.0. The van der Waals surface area contributed by atoms with E-state index in [-0.39, 0.29) is 24.0 Å². The molecule has 0 saturated carbocycles. The summed E-state index contributed by atoms with van der Waals surface area (Å²) in [5, 5.41) is 13.7. The van der Waals surface area contributed by atoms with Crippen LogP contribution in [0.15, 0.2) is 11.2 Å². The Labute approximate surface area is 174 Å². The van der Waals surface area contributed by atoms with Gasteiger partial charge in [-0.25, -0.2) is 0 Å². The van der Waals surface area contributed by atoms with Crippen molar-refractivity contribution < 1.29 is 9.47 Å². The summed E-state index contributed by atoms with van der Waals surface area (Å²) in [5.74, 6) is 1.47. The Balaban J connectivity index is 0.00000338. The zero-order valence-corrected chi connectivity index (χ0v) is 18.4. The topological polar surface area (TPSA) is 83.6 Å². The number of aliphatic imine (C=N–C) groups is 1. The summed E-state index contributed by atoms with van der Waals surface area (Å²) < 4.78 is 11.1. The van der Waals surface area contributed by atoms with Crippen LogP contribution in [-0.4, -0.2) is 62.2 Å². The van der Waals surface area contributed by atoms with Crippen LogP contribution in [0, 0.1) is 12.8 Å². The summed E-state index contributed by atoms with van der Waals surface area (Å²) in [7, 11) is 0. The van der Waals surface area contributed by atoms with Gasteiger partial charge in [-0.15, -0.1) is 24.0 Å². The third-order valence-electron chi connectivity index (χ3n) is 4.29. The van der Waals surface area contributed by atoms with Crippen LogP contribution in [-0.2, 0) is 15.9 Å². The summed E-state index contributed by atoms with van der Waals surface area (Å²) in [6.07, 6.45) is 6.04. The Bertz CT molecular complexity index is 504. The highest BCUT2D eigenvalue weighted by Crippen LogP contribution is 2.12. The van der Waals surface area contributed by atoms with Crippen LogP contribution in [0.3, 0.4) is 0 Å².